The number of methoxy groups -OCH3 is 1. The van der Waals surface area contributed by atoms with E-state index >= 15 is 0 Å². The lowest BCUT2D eigenvalue weighted by Crippen LogP contribution is -2.47. The van der Waals surface area contributed by atoms with Gasteiger partial charge in [0.25, 0.3) is 0 Å². The van der Waals surface area contributed by atoms with Gasteiger partial charge in [0.2, 0.25) is 0 Å². The van der Waals surface area contributed by atoms with Crippen LogP contribution in [0.15, 0.2) is 11.3 Å². The first-order valence-electron chi connectivity index (χ1n) is 3.10. The van der Waals surface area contributed by atoms with E-state index in [4.69, 9.17) is 11.6 Å². The summed E-state index contributed by atoms with van der Waals surface area (Å²) >= 11 is 4.72. The molecule has 0 unspecified atom stereocenters. The van der Waals surface area contributed by atoms with Gasteiger partial charge in [0.05, 0.1) is 7.11 Å². The molecule has 0 aromatic heterocycles. The number of rotatable bonds is 4. The smallest absolute Gasteiger partial charge is 0.376 e. The molecule has 0 aliphatic carbocycles. The standard InChI is InChI=1S/C6H5ClF6O/c1-14-3(2-7)5(10,11)6(12,13)4(8)9/h2,4H,1H3/b3-2-. The first kappa shape index (κ1) is 13.4. The summed E-state index contributed by atoms with van der Waals surface area (Å²) < 4.78 is 76.7. The average molecular weight is 243 g/mol. The highest BCUT2D eigenvalue weighted by Crippen LogP contribution is 2.44. The maximum atomic E-state index is 12.6. The van der Waals surface area contributed by atoms with Gasteiger partial charge < -0.3 is 4.74 Å². The number of allylic oxidation sites excluding steroid dienone is 1. The van der Waals surface area contributed by atoms with Crippen molar-refractivity contribution in [1.29, 1.82) is 0 Å². The maximum Gasteiger partial charge on any atom is 0.376 e. The third kappa shape index (κ3) is 2.08. The minimum atomic E-state index is -5.52. The van der Waals surface area contributed by atoms with Crippen LogP contribution in [-0.4, -0.2) is 25.4 Å². The summed E-state index contributed by atoms with van der Waals surface area (Å²) in [6.07, 6.45) is -4.51. The second-order valence-corrected chi connectivity index (χ2v) is 2.39. The van der Waals surface area contributed by atoms with Crippen molar-refractivity contribution in [2.45, 2.75) is 18.3 Å². The highest BCUT2D eigenvalue weighted by molar-refractivity contribution is 6.25. The summed E-state index contributed by atoms with van der Waals surface area (Å²) in [5.41, 5.74) is -0.0176. The predicted molar refractivity (Wildman–Crippen MR) is 36.8 cm³/mol. The van der Waals surface area contributed by atoms with Crippen LogP contribution in [0.25, 0.3) is 0 Å². The van der Waals surface area contributed by atoms with E-state index in [1.807, 2.05) is 0 Å². The van der Waals surface area contributed by atoms with E-state index in [0.29, 0.717) is 7.11 Å². The van der Waals surface area contributed by atoms with E-state index < -0.39 is 24.0 Å². The highest BCUT2D eigenvalue weighted by atomic mass is 35.5. The third-order valence-electron chi connectivity index (χ3n) is 1.32. The van der Waals surface area contributed by atoms with Crippen molar-refractivity contribution in [3.8, 4) is 0 Å². The Morgan fingerprint density at radius 2 is 1.71 bits per heavy atom. The van der Waals surface area contributed by atoms with Crippen LogP contribution in [-0.2, 0) is 4.74 Å². The van der Waals surface area contributed by atoms with Gasteiger partial charge in [-0.05, 0) is 0 Å². The van der Waals surface area contributed by atoms with Gasteiger partial charge in [-0.2, -0.15) is 17.6 Å². The molecule has 0 saturated heterocycles. The van der Waals surface area contributed by atoms with Crippen molar-refractivity contribution in [3.63, 3.8) is 0 Å². The van der Waals surface area contributed by atoms with Crippen LogP contribution in [0.2, 0.25) is 0 Å². The Morgan fingerprint density at radius 3 is 1.93 bits per heavy atom. The lowest BCUT2D eigenvalue weighted by Gasteiger charge is -2.26. The lowest BCUT2D eigenvalue weighted by molar-refractivity contribution is -0.257. The van der Waals surface area contributed by atoms with Crippen molar-refractivity contribution in [1.82, 2.24) is 0 Å². The van der Waals surface area contributed by atoms with Gasteiger partial charge in [0.15, 0.2) is 5.76 Å². The third-order valence-corrected chi connectivity index (χ3v) is 1.52. The summed E-state index contributed by atoms with van der Waals surface area (Å²) in [6, 6.07) is 0. The molecule has 0 amide bonds. The fourth-order valence-electron chi connectivity index (χ4n) is 0.543. The molecule has 8 heteroatoms. The second-order valence-electron chi connectivity index (χ2n) is 2.18. The van der Waals surface area contributed by atoms with Crippen molar-refractivity contribution < 1.29 is 31.1 Å². The molecule has 0 aliphatic rings. The van der Waals surface area contributed by atoms with Crippen LogP contribution >= 0.6 is 11.6 Å². The Balaban J connectivity index is 5.12. The number of ether oxygens (including phenoxy) is 1. The topological polar surface area (TPSA) is 9.23 Å². The number of hydrogen-bond donors (Lipinski definition) is 0. The van der Waals surface area contributed by atoms with Gasteiger partial charge in [-0.3, -0.25) is 0 Å². The Hall–Kier alpha value is -0.590. The molecule has 0 spiro atoms. The van der Waals surface area contributed by atoms with Crippen molar-refractivity contribution in [3.05, 3.63) is 11.3 Å². The molecule has 14 heavy (non-hydrogen) atoms. The van der Waals surface area contributed by atoms with Gasteiger partial charge in [0.1, 0.15) is 0 Å². The second kappa shape index (κ2) is 4.29. The quantitative estimate of drug-likeness (QED) is 0.543. The first-order chi connectivity index (χ1) is 6.21. The van der Waals surface area contributed by atoms with Gasteiger partial charge in [0, 0.05) is 5.54 Å². The zero-order valence-electron chi connectivity index (χ0n) is 6.71. The molecule has 0 heterocycles. The molecule has 0 aliphatic heterocycles. The van der Waals surface area contributed by atoms with E-state index in [9.17, 15) is 26.3 Å². The number of alkyl halides is 6. The predicted octanol–water partition coefficient (Wildman–Crippen LogP) is 3.25. The number of hydrogen-bond acceptors (Lipinski definition) is 1. The Labute approximate surface area is 80.3 Å². The Bertz CT molecular complexity index is 226. The molecule has 0 bridgehead atoms. The fraction of sp³-hybridized carbons (Fsp3) is 0.667. The normalized spacial score (nSPS) is 14.8. The summed E-state index contributed by atoms with van der Waals surface area (Å²) in [6.45, 7) is 0. The summed E-state index contributed by atoms with van der Waals surface area (Å²) in [5, 5.41) is 0. The molecule has 0 aromatic carbocycles. The number of halogens is 7. The van der Waals surface area contributed by atoms with Crippen LogP contribution in [0.3, 0.4) is 0 Å². The van der Waals surface area contributed by atoms with Crippen LogP contribution in [0, 0.1) is 0 Å². The summed E-state index contributed by atoms with van der Waals surface area (Å²) in [7, 11) is 0.615. The largest absolute Gasteiger partial charge is 0.494 e. The van der Waals surface area contributed by atoms with Crippen LogP contribution in [0.4, 0.5) is 26.3 Å². The first-order valence-corrected chi connectivity index (χ1v) is 3.54. The molecular formula is C6H5ClF6O. The fourth-order valence-corrected chi connectivity index (χ4v) is 0.769. The minimum Gasteiger partial charge on any atom is -0.494 e. The molecule has 84 valence electrons. The highest BCUT2D eigenvalue weighted by Gasteiger charge is 2.66. The van der Waals surface area contributed by atoms with Crippen LogP contribution < -0.4 is 0 Å². The van der Waals surface area contributed by atoms with Gasteiger partial charge in [-0.15, -0.1) is 0 Å². The molecule has 0 saturated carbocycles. The van der Waals surface area contributed by atoms with Crippen molar-refractivity contribution in [2.75, 3.05) is 7.11 Å². The van der Waals surface area contributed by atoms with Crippen molar-refractivity contribution in [2.24, 2.45) is 0 Å². The summed E-state index contributed by atoms with van der Waals surface area (Å²) in [5.74, 6) is -12.4. The van der Waals surface area contributed by atoms with Gasteiger partial charge >= 0.3 is 18.3 Å². The van der Waals surface area contributed by atoms with E-state index in [-0.39, 0.29) is 5.54 Å². The minimum absolute atomic E-state index is 0.0176. The monoisotopic (exact) mass is 242 g/mol. The van der Waals surface area contributed by atoms with E-state index in [0.717, 1.165) is 0 Å². The lowest BCUT2D eigenvalue weighted by atomic mass is 10.1. The summed E-state index contributed by atoms with van der Waals surface area (Å²) in [4.78, 5) is 0. The molecule has 0 fully saturated rings. The van der Waals surface area contributed by atoms with Crippen LogP contribution in [0.5, 0.6) is 0 Å². The van der Waals surface area contributed by atoms with Crippen molar-refractivity contribution >= 4 is 11.6 Å². The van der Waals surface area contributed by atoms with Gasteiger partial charge in [-0.25, -0.2) is 8.78 Å². The molecule has 0 radical (unpaired) electrons. The van der Waals surface area contributed by atoms with Gasteiger partial charge in [-0.1, -0.05) is 11.6 Å². The van der Waals surface area contributed by atoms with Crippen LogP contribution in [0.1, 0.15) is 0 Å². The zero-order chi connectivity index (χ0) is 11.6. The Morgan fingerprint density at radius 1 is 1.29 bits per heavy atom. The maximum absolute atomic E-state index is 12.6. The SMILES string of the molecule is CO/C(=C\Cl)C(F)(F)C(F)(F)C(F)F. The molecule has 1 nitrogen and oxygen atoms in total. The molecule has 0 aromatic rings. The zero-order valence-corrected chi connectivity index (χ0v) is 7.46. The average Bonchev–Trinajstić information content (AvgIpc) is 2.05. The molecule has 0 N–H and O–H groups in total. The molecule has 0 rings (SSSR count). The molecular weight excluding hydrogens is 238 g/mol. The van der Waals surface area contributed by atoms with E-state index in [1.165, 1.54) is 0 Å². The van der Waals surface area contributed by atoms with E-state index in [1.54, 1.807) is 0 Å². The van der Waals surface area contributed by atoms with E-state index in [2.05, 4.69) is 4.74 Å². The molecule has 0 atom stereocenters. The Kier molecular flexibility index (Phi) is 4.11.